The number of likely N-dealkylation sites (tertiary alicyclic amines) is 2. The second-order valence-electron chi connectivity index (χ2n) is 7.05. The van der Waals surface area contributed by atoms with E-state index in [0.717, 1.165) is 52.2 Å². The first-order chi connectivity index (χ1) is 11.1. The molecule has 1 amide bonds. The van der Waals surface area contributed by atoms with Gasteiger partial charge in [0.1, 0.15) is 0 Å². The standard InChI is InChI=1S/C18H27N3O2/c1-15(22)21-12-17(13-23-2)18(14-21)5-8-20(9-6-18)11-16-4-3-7-19-10-16/h3-4,7,10,17H,5-6,8-9,11-14H2,1-2H3. The van der Waals surface area contributed by atoms with Crippen molar-refractivity contribution in [3.05, 3.63) is 30.1 Å². The molecule has 0 aliphatic carbocycles. The summed E-state index contributed by atoms with van der Waals surface area (Å²) >= 11 is 0. The smallest absolute Gasteiger partial charge is 0.219 e. The SMILES string of the molecule is COCC1CN(C(C)=O)CC12CCN(Cc1cccnc1)CC2. The van der Waals surface area contributed by atoms with E-state index >= 15 is 0 Å². The van der Waals surface area contributed by atoms with Crippen LogP contribution in [0.25, 0.3) is 0 Å². The highest BCUT2D eigenvalue weighted by Gasteiger charge is 2.48. The molecule has 1 unspecified atom stereocenters. The number of amides is 1. The van der Waals surface area contributed by atoms with Crippen molar-refractivity contribution in [2.24, 2.45) is 11.3 Å². The molecule has 5 heteroatoms. The number of hydrogen-bond acceptors (Lipinski definition) is 4. The van der Waals surface area contributed by atoms with E-state index in [1.807, 2.05) is 23.4 Å². The molecule has 0 saturated carbocycles. The van der Waals surface area contributed by atoms with Crippen molar-refractivity contribution in [2.45, 2.75) is 26.3 Å². The van der Waals surface area contributed by atoms with Gasteiger partial charge in [0, 0.05) is 52.0 Å². The number of aromatic nitrogens is 1. The van der Waals surface area contributed by atoms with E-state index in [-0.39, 0.29) is 11.3 Å². The summed E-state index contributed by atoms with van der Waals surface area (Å²) in [6, 6.07) is 4.13. The average molecular weight is 317 g/mol. The first-order valence-corrected chi connectivity index (χ1v) is 8.49. The third kappa shape index (κ3) is 3.56. The Morgan fingerprint density at radius 1 is 1.43 bits per heavy atom. The van der Waals surface area contributed by atoms with Crippen molar-refractivity contribution in [3.63, 3.8) is 0 Å². The minimum absolute atomic E-state index is 0.195. The molecule has 1 aromatic heterocycles. The van der Waals surface area contributed by atoms with Crippen molar-refractivity contribution >= 4 is 5.91 Å². The van der Waals surface area contributed by atoms with E-state index < -0.39 is 0 Å². The van der Waals surface area contributed by atoms with Gasteiger partial charge in [0.25, 0.3) is 0 Å². The van der Waals surface area contributed by atoms with E-state index in [0.29, 0.717) is 5.92 Å². The Morgan fingerprint density at radius 3 is 2.83 bits per heavy atom. The minimum atomic E-state index is 0.195. The van der Waals surface area contributed by atoms with Crippen LogP contribution < -0.4 is 0 Å². The topological polar surface area (TPSA) is 45.7 Å². The lowest BCUT2D eigenvalue weighted by atomic mass is 9.71. The van der Waals surface area contributed by atoms with Crippen LogP contribution in [0.5, 0.6) is 0 Å². The highest BCUT2D eigenvalue weighted by molar-refractivity contribution is 5.73. The number of nitrogens with zero attached hydrogens (tertiary/aromatic N) is 3. The monoisotopic (exact) mass is 317 g/mol. The van der Waals surface area contributed by atoms with E-state index in [1.54, 1.807) is 14.0 Å². The minimum Gasteiger partial charge on any atom is -0.384 e. The van der Waals surface area contributed by atoms with E-state index in [1.165, 1.54) is 5.56 Å². The molecular weight excluding hydrogens is 290 g/mol. The van der Waals surface area contributed by atoms with Gasteiger partial charge in [0.2, 0.25) is 5.91 Å². The van der Waals surface area contributed by atoms with Crippen molar-refractivity contribution in [3.8, 4) is 0 Å². The molecule has 1 atom stereocenters. The molecule has 0 N–H and O–H groups in total. The molecule has 0 aromatic carbocycles. The maximum atomic E-state index is 11.8. The largest absolute Gasteiger partial charge is 0.384 e. The molecule has 2 aliphatic rings. The van der Waals surface area contributed by atoms with Gasteiger partial charge in [-0.3, -0.25) is 14.7 Å². The second kappa shape index (κ2) is 6.97. The Kier molecular flexibility index (Phi) is 4.97. The van der Waals surface area contributed by atoms with Crippen LogP contribution in [0, 0.1) is 11.3 Å². The van der Waals surface area contributed by atoms with Gasteiger partial charge in [-0.05, 0) is 43.0 Å². The molecule has 1 spiro atoms. The number of hydrogen-bond donors (Lipinski definition) is 0. The van der Waals surface area contributed by atoms with Crippen LogP contribution in [0.2, 0.25) is 0 Å². The number of rotatable bonds is 4. The Bertz CT molecular complexity index is 526. The molecule has 2 aliphatic heterocycles. The summed E-state index contributed by atoms with van der Waals surface area (Å²) in [5, 5.41) is 0. The third-order valence-corrected chi connectivity index (χ3v) is 5.61. The van der Waals surface area contributed by atoms with Gasteiger partial charge < -0.3 is 9.64 Å². The van der Waals surface area contributed by atoms with Gasteiger partial charge in [-0.15, -0.1) is 0 Å². The zero-order valence-corrected chi connectivity index (χ0v) is 14.2. The number of carbonyl (C=O) groups is 1. The van der Waals surface area contributed by atoms with Crippen LogP contribution in [0.4, 0.5) is 0 Å². The van der Waals surface area contributed by atoms with Gasteiger partial charge in [-0.1, -0.05) is 6.07 Å². The van der Waals surface area contributed by atoms with E-state index in [4.69, 9.17) is 4.74 Å². The fraction of sp³-hybridized carbons (Fsp3) is 0.667. The van der Waals surface area contributed by atoms with Crippen molar-refractivity contribution in [1.29, 1.82) is 0 Å². The van der Waals surface area contributed by atoms with Gasteiger partial charge in [0.15, 0.2) is 0 Å². The second-order valence-corrected chi connectivity index (χ2v) is 7.05. The zero-order chi connectivity index (χ0) is 16.3. The summed E-state index contributed by atoms with van der Waals surface area (Å²) in [5.74, 6) is 0.665. The van der Waals surface area contributed by atoms with E-state index in [9.17, 15) is 4.79 Å². The molecule has 2 saturated heterocycles. The molecule has 5 nitrogen and oxygen atoms in total. The number of methoxy groups -OCH3 is 1. The Morgan fingerprint density at radius 2 is 2.22 bits per heavy atom. The maximum Gasteiger partial charge on any atom is 0.219 e. The molecule has 0 bridgehead atoms. The zero-order valence-electron chi connectivity index (χ0n) is 14.2. The molecule has 3 rings (SSSR count). The summed E-state index contributed by atoms with van der Waals surface area (Å²) in [6.45, 7) is 7.33. The Balaban J connectivity index is 1.62. The van der Waals surface area contributed by atoms with Crippen LogP contribution in [-0.4, -0.2) is 60.6 Å². The van der Waals surface area contributed by atoms with Gasteiger partial charge in [-0.2, -0.15) is 0 Å². The fourth-order valence-electron chi connectivity index (χ4n) is 4.18. The molecule has 2 fully saturated rings. The first kappa shape index (κ1) is 16.4. The predicted octanol–water partition coefficient (Wildman–Crippen LogP) is 1.79. The van der Waals surface area contributed by atoms with Gasteiger partial charge in [-0.25, -0.2) is 0 Å². The fourth-order valence-corrected chi connectivity index (χ4v) is 4.18. The van der Waals surface area contributed by atoms with E-state index in [2.05, 4.69) is 16.0 Å². The molecule has 23 heavy (non-hydrogen) atoms. The normalized spacial score (nSPS) is 24.3. The lowest BCUT2D eigenvalue weighted by molar-refractivity contribution is -0.128. The van der Waals surface area contributed by atoms with Crippen LogP contribution >= 0.6 is 0 Å². The summed E-state index contributed by atoms with van der Waals surface area (Å²) in [6.07, 6.45) is 6.06. The lowest BCUT2D eigenvalue weighted by Gasteiger charge is -2.42. The number of carbonyl (C=O) groups excluding carboxylic acids is 1. The van der Waals surface area contributed by atoms with Crippen LogP contribution in [0.3, 0.4) is 0 Å². The first-order valence-electron chi connectivity index (χ1n) is 8.49. The molecule has 3 heterocycles. The highest BCUT2D eigenvalue weighted by atomic mass is 16.5. The van der Waals surface area contributed by atoms with Gasteiger partial charge in [0.05, 0.1) is 6.61 Å². The van der Waals surface area contributed by atoms with Gasteiger partial charge >= 0.3 is 0 Å². The lowest BCUT2D eigenvalue weighted by Crippen LogP contribution is -2.45. The Labute approximate surface area is 138 Å². The van der Waals surface area contributed by atoms with Crippen molar-refractivity contribution in [1.82, 2.24) is 14.8 Å². The highest BCUT2D eigenvalue weighted by Crippen LogP contribution is 2.45. The maximum absolute atomic E-state index is 11.8. The van der Waals surface area contributed by atoms with Crippen molar-refractivity contribution in [2.75, 3.05) is 39.9 Å². The Hall–Kier alpha value is -1.46. The molecule has 1 aromatic rings. The third-order valence-electron chi connectivity index (χ3n) is 5.61. The number of piperidine rings is 1. The van der Waals surface area contributed by atoms with Crippen molar-refractivity contribution < 1.29 is 9.53 Å². The quantitative estimate of drug-likeness (QED) is 0.849. The van der Waals surface area contributed by atoms with Crippen LogP contribution in [0.15, 0.2) is 24.5 Å². The molecule has 0 radical (unpaired) electrons. The number of ether oxygens (including phenoxy) is 1. The summed E-state index contributed by atoms with van der Waals surface area (Å²) in [4.78, 5) is 20.5. The number of pyridine rings is 1. The molecular formula is C18H27N3O2. The summed E-state index contributed by atoms with van der Waals surface area (Å²) < 4.78 is 5.44. The summed E-state index contributed by atoms with van der Waals surface area (Å²) in [5.41, 5.74) is 1.52. The van der Waals surface area contributed by atoms with Crippen LogP contribution in [0.1, 0.15) is 25.3 Å². The molecule has 126 valence electrons. The summed E-state index contributed by atoms with van der Waals surface area (Å²) in [7, 11) is 1.77. The average Bonchev–Trinajstić information content (AvgIpc) is 2.90. The predicted molar refractivity (Wildman–Crippen MR) is 88.8 cm³/mol. The van der Waals surface area contributed by atoms with Crippen LogP contribution in [-0.2, 0) is 16.1 Å².